The zero-order chi connectivity index (χ0) is 13.9. The molecule has 0 fully saturated rings. The third-order valence-electron chi connectivity index (χ3n) is 2.39. The Morgan fingerprint density at radius 2 is 2.11 bits per heavy atom. The highest BCUT2D eigenvalue weighted by atomic mass is 16.6. The second kappa shape index (κ2) is 5.25. The van der Waals surface area contributed by atoms with Gasteiger partial charge in [0.2, 0.25) is 0 Å². The maximum absolute atomic E-state index is 12.0. The molecule has 100 valence electrons. The van der Waals surface area contributed by atoms with Gasteiger partial charge in [0, 0.05) is 6.54 Å². The van der Waals surface area contributed by atoms with E-state index < -0.39 is 23.7 Å². The fourth-order valence-electron chi connectivity index (χ4n) is 1.59. The molecule has 1 heterocycles. The molecule has 0 N–H and O–H groups in total. The Labute approximate surface area is 107 Å². The van der Waals surface area contributed by atoms with Crippen molar-refractivity contribution < 1.29 is 19.1 Å². The highest BCUT2D eigenvalue weighted by molar-refractivity contribution is 5.85. The number of amides is 1. The summed E-state index contributed by atoms with van der Waals surface area (Å²) in [5, 5.41) is 0. The van der Waals surface area contributed by atoms with E-state index >= 15 is 0 Å². The topological polar surface area (TPSA) is 55.8 Å². The molecule has 1 atom stereocenters. The molecule has 1 aliphatic heterocycles. The molecule has 0 spiro atoms. The molecular formula is C13H19NO4. The number of ether oxygens (including phenoxy) is 2. The first-order chi connectivity index (χ1) is 8.28. The van der Waals surface area contributed by atoms with E-state index in [1.54, 1.807) is 32.9 Å². The summed E-state index contributed by atoms with van der Waals surface area (Å²) in [6.45, 7) is 9.26. The van der Waals surface area contributed by atoms with Crippen molar-refractivity contribution in [3.05, 3.63) is 24.3 Å². The highest BCUT2D eigenvalue weighted by Gasteiger charge is 2.36. The molecule has 0 aromatic carbocycles. The van der Waals surface area contributed by atoms with Crippen molar-refractivity contribution in [3.8, 4) is 0 Å². The third kappa shape index (κ3) is 3.35. The first kappa shape index (κ1) is 14.3. The van der Waals surface area contributed by atoms with Gasteiger partial charge in [-0.2, -0.15) is 0 Å². The van der Waals surface area contributed by atoms with Crippen LogP contribution in [0.3, 0.4) is 0 Å². The molecule has 1 rings (SSSR count). The molecule has 0 saturated carbocycles. The summed E-state index contributed by atoms with van der Waals surface area (Å²) in [6, 6.07) is -0.738. The summed E-state index contributed by atoms with van der Waals surface area (Å²) >= 11 is 0. The Morgan fingerprint density at radius 1 is 1.50 bits per heavy atom. The maximum atomic E-state index is 12.0. The van der Waals surface area contributed by atoms with Crippen molar-refractivity contribution in [2.75, 3.05) is 13.7 Å². The molecule has 0 aliphatic carbocycles. The molecule has 5 nitrogen and oxygen atoms in total. The monoisotopic (exact) mass is 253 g/mol. The smallest absolute Gasteiger partial charge is 0.411 e. The van der Waals surface area contributed by atoms with E-state index in [0.29, 0.717) is 6.54 Å². The SMILES string of the molecule is C=CC1=CC(C(=O)OC)N(C(=O)OC(C)(C)C)C1. The van der Waals surface area contributed by atoms with Gasteiger partial charge in [-0.15, -0.1) is 0 Å². The highest BCUT2D eigenvalue weighted by Crippen LogP contribution is 2.21. The minimum atomic E-state index is -0.738. The Balaban J connectivity index is 2.85. The van der Waals surface area contributed by atoms with Gasteiger partial charge in [-0.05, 0) is 32.4 Å². The van der Waals surface area contributed by atoms with Gasteiger partial charge < -0.3 is 9.47 Å². The predicted octanol–water partition coefficient (Wildman–Crippen LogP) is 1.89. The number of esters is 1. The molecular weight excluding hydrogens is 234 g/mol. The Kier molecular flexibility index (Phi) is 4.16. The van der Waals surface area contributed by atoms with Crippen LogP contribution in [0.25, 0.3) is 0 Å². The Morgan fingerprint density at radius 3 is 2.56 bits per heavy atom. The summed E-state index contributed by atoms with van der Waals surface area (Å²) in [6.07, 6.45) is 2.73. The average Bonchev–Trinajstić information content (AvgIpc) is 2.69. The quantitative estimate of drug-likeness (QED) is 0.705. The van der Waals surface area contributed by atoms with Gasteiger partial charge in [0.25, 0.3) is 0 Å². The van der Waals surface area contributed by atoms with Gasteiger partial charge >= 0.3 is 12.1 Å². The van der Waals surface area contributed by atoms with Crippen LogP contribution in [-0.2, 0) is 14.3 Å². The van der Waals surface area contributed by atoms with E-state index in [2.05, 4.69) is 11.3 Å². The average molecular weight is 253 g/mol. The fraction of sp³-hybridized carbons (Fsp3) is 0.538. The second-order valence-electron chi connectivity index (χ2n) is 5.02. The zero-order valence-electron chi connectivity index (χ0n) is 11.2. The van der Waals surface area contributed by atoms with Crippen LogP contribution in [0.4, 0.5) is 4.79 Å². The van der Waals surface area contributed by atoms with Crippen LogP contribution in [0.5, 0.6) is 0 Å². The predicted molar refractivity (Wildman–Crippen MR) is 67.0 cm³/mol. The molecule has 0 aromatic heterocycles. The molecule has 0 bridgehead atoms. The largest absolute Gasteiger partial charge is 0.467 e. The summed E-state index contributed by atoms with van der Waals surface area (Å²) in [4.78, 5) is 24.9. The van der Waals surface area contributed by atoms with Crippen LogP contribution in [-0.4, -0.2) is 42.3 Å². The first-order valence-corrected chi connectivity index (χ1v) is 5.69. The van der Waals surface area contributed by atoms with E-state index in [4.69, 9.17) is 4.74 Å². The second-order valence-corrected chi connectivity index (χ2v) is 5.02. The summed E-state index contributed by atoms with van der Waals surface area (Å²) in [5.74, 6) is -0.488. The van der Waals surface area contributed by atoms with Gasteiger partial charge in [-0.1, -0.05) is 12.7 Å². The lowest BCUT2D eigenvalue weighted by Gasteiger charge is -2.27. The van der Waals surface area contributed by atoms with Crippen molar-refractivity contribution in [2.45, 2.75) is 32.4 Å². The van der Waals surface area contributed by atoms with Crippen molar-refractivity contribution in [3.63, 3.8) is 0 Å². The Bertz CT molecular complexity index is 392. The van der Waals surface area contributed by atoms with Crippen LogP contribution >= 0.6 is 0 Å². The number of carbonyl (C=O) groups excluding carboxylic acids is 2. The van der Waals surface area contributed by atoms with E-state index in [9.17, 15) is 9.59 Å². The van der Waals surface area contributed by atoms with Crippen LogP contribution in [0.15, 0.2) is 24.3 Å². The minimum absolute atomic E-state index is 0.304. The van der Waals surface area contributed by atoms with Gasteiger partial charge in [0.15, 0.2) is 6.04 Å². The zero-order valence-corrected chi connectivity index (χ0v) is 11.2. The molecule has 1 aliphatic rings. The van der Waals surface area contributed by atoms with E-state index in [1.807, 2.05) is 0 Å². The number of hydrogen-bond donors (Lipinski definition) is 0. The van der Waals surface area contributed by atoms with Gasteiger partial charge in [0.05, 0.1) is 7.11 Å². The lowest BCUT2D eigenvalue weighted by atomic mass is 10.2. The molecule has 1 amide bonds. The normalized spacial score (nSPS) is 19.2. The van der Waals surface area contributed by atoms with Crippen LogP contribution in [0, 0.1) is 0 Å². The van der Waals surface area contributed by atoms with Crippen LogP contribution < -0.4 is 0 Å². The summed E-state index contributed by atoms with van der Waals surface area (Å²) in [5.41, 5.74) is 0.200. The van der Waals surface area contributed by atoms with E-state index in [0.717, 1.165) is 5.57 Å². The fourth-order valence-corrected chi connectivity index (χ4v) is 1.59. The third-order valence-corrected chi connectivity index (χ3v) is 2.39. The molecule has 18 heavy (non-hydrogen) atoms. The number of methoxy groups -OCH3 is 1. The maximum Gasteiger partial charge on any atom is 0.411 e. The van der Waals surface area contributed by atoms with E-state index in [1.165, 1.54) is 12.0 Å². The van der Waals surface area contributed by atoms with E-state index in [-0.39, 0.29) is 0 Å². The number of carbonyl (C=O) groups is 2. The molecule has 5 heteroatoms. The van der Waals surface area contributed by atoms with Crippen molar-refractivity contribution >= 4 is 12.1 Å². The van der Waals surface area contributed by atoms with Gasteiger partial charge in [-0.25, -0.2) is 9.59 Å². The Hall–Kier alpha value is -1.78. The summed E-state index contributed by atoms with van der Waals surface area (Å²) < 4.78 is 9.92. The van der Waals surface area contributed by atoms with Gasteiger partial charge in [-0.3, -0.25) is 4.90 Å². The standard InChI is InChI=1S/C13H19NO4/c1-6-9-7-10(11(15)17-5)14(8-9)12(16)18-13(2,3)4/h6-7,10H,1,8H2,2-5H3. The van der Waals surface area contributed by atoms with Crippen molar-refractivity contribution in [2.24, 2.45) is 0 Å². The molecule has 0 radical (unpaired) electrons. The van der Waals surface area contributed by atoms with Crippen LogP contribution in [0.2, 0.25) is 0 Å². The number of hydrogen-bond acceptors (Lipinski definition) is 4. The van der Waals surface area contributed by atoms with Gasteiger partial charge in [0.1, 0.15) is 5.60 Å². The lowest BCUT2D eigenvalue weighted by molar-refractivity contribution is -0.144. The molecule has 1 unspecified atom stereocenters. The van der Waals surface area contributed by atoms with Crippen molar-refractivity contribution in [1.29, 1.82) is 0 Å². The minimum Gasteiger partial charge on any atom is -0.467 e. The molecule has 0 saturated heterocycles. The lowest BCUT2D eigenvalue weighted by Crippen LogP contribution is -2.44. The number of rotatable bonds is 2. The van der Waals surface area contributed by atoms with Crippen molar-refractivity contribution in [1.82, 2.24) is 4.90 Å². The summed E-state index contributed by atoms with van der Waals surface area (Å²) in [7, 11) is 1.29. The first-order valence-electron chi connectivity index (χ1n) is 5.69. The molecule has 0 aromatic rings. The van der Waals surface area contributed by atoms with Crippen LogP contribution in [0.1, 0.15) is 20.8 Å². The number of nitrogens with zero attached hydrogens (tertiary/aromatic N) is 1.